The van der Waals surface area contributed by atoms with Gasteiger partial charge in [0.25, 0.3) is 0 Å². The summed E-state index contributed by atoms with van der Waals surface area (Å²) in [6.07, 6.45) is 3.20. The molecular weight excluding hydrogens is 309 g/mol. The summed E-state index contributed by atoms with van der Waals surface area (Å²) in [7, 11) is 0. The summed E-state index contributed by atoms with van der Waals surface area (Å²) >= 11 is 3.16. The van der Waals surface area contributed by atoms with E-state index in [1.54, 1.807) is 12.1 Å². The second kappa shape index (κ2) is 6.36. The standard InChI is InChI=1S/C14H17BrFN3/c15-13-11(8-18)3-4-12(14(13)16)19-7-1-2-10(9-19)5-6-17/h3-4,10H,1-2,5-7,9,17H2. The van der Waals surface area contributed by atoms with E-state index in [0.29, 0.717) is 23.7 Å². The molecule has 0 radical (unpaired) electrons. The van der Waals surface area contributed by atoms with E-state index in [1.165, 1.54) is 0 Å². The van der Waals surface area contributed by atoms with Crippen molar-refractivity contribution >= 4 is 21.6 Å². The van der Waals surface area contributed by atoms with Gasteiger partial charge in [-0.3, -0.25) is 0 Å². The molecule has 2 rings (SSSR count). The molecule has 1 aromatic carbocycles. The van der Waals surface area contributed by atoms with Crippen LogP contribution in [0.25, 0.3) is 0 Å². The molecule has 0 bridgehead atoms. The lowest BCUT2D eigenvalue weighted by Crippen LogP contribution is -2.36. The van der Waals surface area contributed by atoms with Crippen LogP contribution in [-0.2, 0) is 0 Å². The molecule has 1 saturated heterocycles. The Morgan fingerprint density at radius 1 is 1.53 bits per heavy atom. The maximum absolute atomic E-state index is 14.3. The quantitative estimate of drug-likeness (QED) is 0.929. The highest BCUT2D eigenvalue weighted by Crippen LogP contribution is 2.32. The van der Waals surface area contributed by atoms with Crippen molar-refractivity contribution in [1.82, 2.24) is 0 Å². The van der Waals surface area contributed by atoms with Crippen LogP contribution in [-0.4, -0.2) is 19.6 Å². The zero-order chi connectivity index (χ0) is 13.8. The molecule has 1 unspecified atom stereocenters. The second-order valence-corrected chi connectivity index (χ2v) is 5.70. The second-order valence-electron chi connectivity index (χ2n) is 4.90. The van der Waals surface area contributed by atoms with Gasteiger partial charge in [0.2, 0.25) is 0 Å². The molecule has 102 valence electrons. The molecule has 0 aliphatic carbocycles. The number of nitrogens with two attached hydrogens (primary N) is 1. The first kappa shape index (κ1) is 14.3. The number of benzene rings is 1. The van der Waals surface area contributed by atoms with Gasteiger partial charge in [-0.25, -0.2) is 4.39 Å². The Hall–Kier alpha value is -1.12. The lowest BCUT2D eigenvalue weighted by Gasteiger charge is -2.34. The summed E-state index contributed by atoms with van der Waals surface area (Å²) in [6.45, 7) is 2.38. The van der Waals surface area contributed by atoms with Gasteiger partial charge in [-0.15, -0.1) is 0 Å². The summed E-state index contributed by atoms with van der Waals surface area (Å²) in [5.74, 6) is 0.194. The number of halogens is 2. The van der Waals surface area contributed by atoms with Crippen molar-refractivity contribution in [3.05, 3.63) is 28.0 Å². The van der Waals surface area contributed by atoms with Gasteiger partial charge < -0.3 is 10.6 Å². The van der Waals surface area contributed by atoms with Gasteiger partial charge in [0.1, 0.15) is 6.07 Å². The summed E-state index contributed by atoms with van der Waals surface area (Å²) in [6, 6.07) is 5.33. The largest absolute Gasteiger partial charge is 0.369 e. The van der Waals surface area contributed by atoms with Crippen LogP contribution in [0.1, 0.15) is 24.8 Å². The fraction of sp³-hybridized carbons (Fsp3) is 0.500. The maximum Gasteiger partial charge on any atom is 0.161 e. The van der Waals surface area contributed by atoms with Crippen LogP contribution in [0.15, 0.2) is 16.6 Å². The first-order valence-corrected chi connectivity index (χ1v) is 7.29. The Labute approximate surface area is 121 Å². The maximum atomic E-state index is 14.3. The lowest BCUT2D eigenvalue weighted by molar-refractivity contribution is 0.393. The van der Waals surface area contributed by atoms with Crippen molar-refractivity contribution in [1.29, 1.82) is 5.26 Å². The Morgan fingerprint density at radius 3 is 3.00 bits per heavy atom. The van der Waals surface area contributed by atoms with E-state index in [1.807, 2.05) is 6.07 Å². The van der Waals surface area contributed by atoms with Gasteiger partial charge in [-0.2, -0.15) is 5.26 Å². The molecule has 0 spiro atoms. The number of rotatable bonds is 3. The van der Waals surface area contributed by atoms with Crippen LogP contribution >= 0.6 is 15.9 Å². The van der Waals surface area contributed by atoms with E-state index in [2.05, 4.69) is 20.8 Å². The fourth-order valence-electron chi connectivity index (χ4n) is 2.63. The van der Waals surface area contributed by atoms with Crippen LogP contribution in [0, 0.1) is 23.1 Å². The van der Waals surface area contributed by atoms with Gasteiger partial charge in [0.05, 0.1) is 15.7 Å². The monoisotopic (exact) mass is 325 g/mol. The normalized spacial score (nSPS) is 19.3. The Balaban J connectivity index is 2.22. The van der Waals surface area contributed by atoms with Crippen LogP contribution in [0.4, 0.5) is 10.1 Å². The topological polar surface area (TPSA) is 53.0 Å². The van der Waals surface area contributed by atoms with Gasteiger partial charge >= 0.3 is 0 Å². The fourth-order valence-corrected chi connectivity index (χ4v) is 3.05. The predicted molar refractivity (Wildman–Crippen MR) is 77.4 cm³/mol. The first-order chi connectivity index (χ1) is 9.17. The van der Waals surface area contributed by atoms with Crippen LogP contribution in [0.5, 0.6) is 0 Å². The van der Waals surface area contributed by atoms with Crippen molar-refractivity contribution in [2.45, 2.75) is 19.3 Å². The number of nitriles is 1. The van der Waals surface area contributed by atoms with Crippen LogP contribution in [0.3, 0.4) is 0 Å². The molecule has 5 heteroatoms. The zero-order valence-corrected chi connectivity index (χ0v) is 12.3. The minimum absolute atomic E-state index is 0.258. The SMILES string of the molecule is N#Cc1ccc(N2CCCC(CCN)C2)c(F)c1Br. The molecule has 19 heavy (non-hydrogen) atoms. The number of hydrogen-bond acceptors (Lipinski definition) is 3. The van der Waals surface area contributed by atoms with E-state index in [0.717, 1.165) is 32.4 Å². The molecule has 1 aliphatic rings. The third-order valence-electron chi connectivity index (χ3n) is 3.62. The highest BCUT2D eigenvalue weighted by Gasteiger charge is 2.23. The summed E-state index contributed by atoms with van der Waals surface area (Å²) < 4.78 is 14.5. The number of anilines is 1. The highest BCUT2D eigenvalue weighted by atomic mass is 79.9. The minimum Gasteiger partial charge on any atom is -0.369 e. The molecule has 1 aliphatic heterocycles. The highest BCUT2D eigenvalue weighted by molar-refractivity contribution is 9.10. The molecule has 1 fully saturated rings. The van der Waals surface area contributed by atoms with Crippen molar-refractivity contribution in [2.75, 3.05) is 24.5 Å². The first-order valence-electron chi connectivity index (χ1n) is 6.50. The molecule has 1 heterocycles. The predicted octanol–water partition coefficient (Wildman–Crippen LogP) is 3.03. The average molecular weight is 326 g/mol. The summed E-state index contributed by atoms with van der Waals surface area (Å²) in [5.41, 5.74) is 6.51. The van der Waals surface area contributed by atoms with E-state index in [-0.39, 0.29) is 10.3 Å². The number of hydrogen-bond donors (Lipinski definition) is 1. The van der Waals surface area contributed by atoms with E-state index in [9.17, 15) is 4.39 Å². The van der Waals surface area contributed by atoms with Crippen LogP contribution in [0.2, 0.25) is 0 Å². The van der Waals surface area contributed by atoms with E-state index < -0.39 is 0 Å². The van der Waals surface area contributed by atoms with E-state index >= 15 is 0 Å². The number of piperidine rings is 1. The van der Waals surface area contributed by atoms with Crippen molar-refractivity contribution in [3.63, 3.8) is 0 Å². The average Bonchev–Trinajstić information content (AvgIpc) is 2.42. The van der Waals surface area contributed by atoms with Gasteiger partial charge in [-0.1, -0.05) is 0 Å². The molecule has 0 aromatic heterocycles. The molecule has 0 saturated carbocycles. The van der Waals surface area contributed by atoms with Gasteiger partial charge in [0, 0.05) is 13.1 Å². The third-order valence-corrected chi connectivity index (χ3v) is 4.39. The van der Waals surface area contributed by atoms with Gasteiger partial charge in [-0.05, 0) is 59.8 Å². The summed E-state index contributed by atoms with van der Waals surface area (Å²) in [5, 5.41) is 8.88. The summed E-state index contributed by atoms with van der Waals surface area (Å²) in [4.78, 5) is 2.06. The molecular formula is C14H17BrFN3. The Kier molecular flexibility index (Phi) is 4.78. The van der Waals surface area contributed by atoms with Crippen LogP contribution < -0.4 is 10.6 Å². The lowest BCUT2D eigenvalue weighted by atomic mass is 9.94. The van der Waals surface area contributed by atoms with Gasteiger partial charge in [0.15, 0.2) is 5.82 Å². The molecule has 0 amide bonds. The minimum atomic E-state index is -0.340. The number of nitrogens with zero attached hydrogens (tertiary/aromatic N) is 2. The molecule has 1 aromatic rings. The van der Waals surface area contributed by atoms with Crippen molar-refractivity contribution < 1.29 is 4.39 Å². The van der Waals surface area contributed by atoms with Crippen molar-refractivity contribution in [3.8, 4) is 6.07 Å². The molecule has 1 atom stereocenters. The molecule has 2 N–H and O–H groups in total. The smallest absolute Gasteiger partial charge is 0.161 e. The van der Waals surface area contributed by atoms with E-state index in [4.69, 9.17) is 11.0 Å². The Morgan fingerprint density at radius 2 is 2.32 bits per heavy atom. The Bertz CT molecular complexity index is 496. The zero-order valence-electron chi connectivity index (χ0n) is 10.7. The third kappa shape index (κ3) is 3.07. The molecule has 3 nitrogen and oxygen atoms in total. The van der Waals surface area contributed by atoms with Crippen molar-refractivity contribution in [2.24, 2.45) is 11.7 Å².